The van der Waals surface area contributed by atoms with Gasteiger partial charge in [-0.1, -0.05) is 48.4 Å². The minimum absolute atomic E-state index is 0.0540. The molecule has 0 radical (unpaired) electrons. The second kappa shape index (κ2) is 11.5. The molecule has 6 heteroatoms. The number of ether oxygens (including phenoxy) is 1. The number of halogens is 1. The van der Waals surface area contributed by atoms with Crippen LogP contribution in [0.1, 0.15) is 37.3 Å². The Hall–Kier alpha value is -2.53. The van der Waals surface area contributed by atoms with E-state index in [-0.39, 0.29) is 11.8 Å². The molecule has 0 spiro atoms. The number of amides is 2. The van der Waals surface area contributed by atoms with Crippen molar-refractivity contribution in [3.8, 4) is 5.75 Å². The number of nitrogens with one attached hydrogen (secondary N) is 1. The molecule has 0 heterocycles. The summed E-state index contributed by atoms with van der Waals surface area (Å²) >= 11 is 5.87. The molecule has 29 heavy (non-hydrogen) atoms. The Bertz CT molecular complexity index is 808. The summed E-state index contributed by atoms with van der Waals surface area (Å²) in [5.74, 6) is 0.517. The summed E-state index contributed by atoms with van der Waals surface area (Å²) in [5.41, 5.74) is 2.14. The number of hydrogen-bond acceptors (Lipinski definition) is 3. The van der Waals surface area contributed by atoms with E-state index >= 15 is 0 Å². The van der Waals surface area contributed by atoms with E-state index in [4.69, 9.17) is 16.3 Å². The number of rotatable bonds is 10. The van der Waals surface area contributed by atoms with Crippen LogP contribution in [0.25, 0.3) is 0 Å². The largest absolute Gasteiger partial charge is 0.494 e. The van der Waals surface area contributed by atoms with Gasteiger partial charge in [-0.2, -0.15) is 0 Å². The van der Waals surface area contributed by atoms with Crippen molar-refractivity contribution in [2.45, 2.75) is 45.7 Å². The second-order valence-electron chi connectivity index (χ2n) is 6.95. The fourth-order valence-electron chi connectivity index (χ4n) is 3.18. The normalized spacial score (nSPS) is 11.6. The van der Waals surface area contributed by atoms with Crippen molar-refractivity contribution in [2.24, 2.45) is 0 Å². The molecule has 156 valence electrons. The highest BCUT2D eigenvalue weighted by atomic mass is 35.5. The number of aryl methyl sites for hydroxylation is 1. The van der Waals surface area contributed by atoms with Gasteiger partial charge >= 0.3 is 0 Å². The van der Waals surface area contributed by atoms with E-state index in [1.54, 1.807) is 36.2 Å². The lowest BCUT2D eigenvalue weighted by atomic mass is 10.1. The van der Waals surface area contributed by atoms with Gasteiger partial charge in [-0.25, -0.2) is 0 Å². The molecule has 1 atom stereocenters. The summed E-state index contributed by atoms with van der Waals surface area (Å²) < 4.78 is 5.67. The summed E-state index contributed by atoms with van der Waals surface area (Å²) in [6.07, 6.45) is 1.43. The highest BCUT2D eigenvalue weighted by Crippen LogP contribution is 2.17. The molecule has 0 fully saturated rings. The van der Waals surface area contributed by atoms with Gasteiger partial charge in [0.2, 0.25) is 11.8 Å². The van der Waals surface area contributed by atoms with Gasteiger partial charge in [0.05, 0.1) is 6.61 Å². The van der Waals surface area contributed by atoms with Gasteiger partial charge in [0.1, 0.15) is 11.8 Å². The van der Waals surface area contributed by atoms with Gasteiger partial charge in [-0.15, -0.1) is 0 Å². The van der Waals surface area contributed by atoms with Crippen LogP contribution in [0.15, 0.2) is 48.5 Å². The minimum Gasteiger partial charge on any atom is -0.494 e. The Morgan fingerprint density at radius 3 is 2.52 bits per heavy atom. The number of benzene rings is 2. The molecule has 0 aliphatic carbocycles. The summed E-state index contributed by atoms with van der Waals surface area (Å²) in [6.45, 7) is 4.76. The first-order chi connectivity index (χ1) is 13.9. The van der Waals surface area contributed by atoms with Crippen LogP contribution in [0, 0.1) is 6.92 Å². The lowest BCUT2D eigenvalue weighted by molar-refractivity contribution is -0.141. The summed E-state index contributed by atoms with van der Waals surface area (Å²) in [4.78, 5) is 27.0. The first kappa shape index (κ1) is 22.8. The fourth-order valence-corrected chi connectivity index (χ4v) is 3.31. The van der Waals surface area contributed by atoms with Gasteiger partial charge < -0.3 is 15.0 Å². The summed E-state index contributed by atoms with van der Waals surface area (Å²) in [7, 11) is 1.60. The average Bonchev–Trinajstić information content (AvgIpc) is 2.72. The van der Waals surface area contributed by atoms with Crippen LogP contribution in [0.3, 0.4) is 0 Å². The molecule has 2 aromatic rings. The minimum atomic E-state index is -0.495. The number of hydrogen-bond donors (Lipinski definition) is 1. The van der Waals surface area contributed by atoms with Crippen LogP contribution in [-0.4, -0.2) is 36.4 Å². The Kier molecular flexibility index (Phi) is 9.00. The van der Waals surface area contributed by atoms with Gasteiger partial charge in [-0.3, -0.25) is 9.59 Å². The van der Waals surface area contributed by atoms with Crippen LogP contribution in [0.2, 0.25) is 5.02 Å². The molecule has 2 aromatic carbocycles. The Morgan fingerprint density at radius 2 is 1.90 bits per heavy atom. The molecular weight excluding hydrogens is 388 g/mol. The molecule has 2 amide bonds. The van der Waals surface area contributed by atoms with Crippen LogP contribution >= 0.6 is 11.6 Å². The third kappa shape index (κ3) is 7.09. The van der Waals surface area contributed by atoms with Crippen LogP contribution in [0.4, 0.5) is 0 Å². The lowest BCUT2D eigenvalue weighted by Gasteiger charge is -2.30. The molecule has 0 aromatic heterocycles. The van der Waals surface area contributed by atoms with Crippen LogP contribution < -0.4 is 10.1 Å². The maximum absolute atomic E-state index is 13.0. The molecule has 0 aliphatic heterocycles. The van der Waals surface area contributed by atoms with E-state index in [2.05, 4.69) is 5.32 Å². The molecule has 0 saturated heterocycles. The maximum atomic E-state index is 13.0. The quantitative estimate of drug-likeness (QED) is 0.585. The average molecular weight is 417 g/mol. The molecule has 1 N–H and O–H groups in total. The van der Waals surface area contributed by atoms with Gasteiger partial charge in [0.15, 0.2) is 0 Å². The number of carbonyl (C=O) groups excluding carboxylic acids is 2. The van der Waals surface area contributed by atoms with Gasteiger partial charge in [0, 0.05) is 25.0 Å². The molecule has 0 bridgehead atoms. The van der Waals surface area contributed by atoms with Crippen LogP contribution in [0.5, 0.6) is 5.75 Å². The Morgan fingerprint density at radius 1 is 1.17 bits per heavy atom. The smallest absolute Gasteiger partial charge is 0.242 e. The summed E-state index contributed by atoms with van der Waals surface area (Å²) in [6, 6.07) is 14.6. The van der Waals surface area contributed by atoms with Crippen molar-refractivity contribution < 1.29 is 14.3 Å². The maximum Gasteiger partial charge on any atom is 0.242 e. The molecule has 0 saturated carbocycles. The van der Waals surface area contributed by atoms with Crippen molar-refractivity contribution in [2.75, 3.05) is 13.7 Å². The molecule has 2 rings (SSSR count). The van der Waals surface area contributed by atoms with Gasteiger partial charge in [-0.05, 0) is 49.6 Å². The first-order valence-corrected chi connectivity index (χ1v) is 10.3. The highest BCUT2D eigenvalue weighted by Gasteiger charge is 2.27. The third-order valence-electron chi connectivity index (χ3n) is 4.69. The zero-order valence-corrected chi connectivity index (χ0v) is 18.0. The molecule has 5 nitrogen and oxygen atoms in total. The van der Waals surface area contributed by atoms with E-state index in [9.17, 15) is 9.59 Å². The predicted molar refractivity (Wildman–Crippen MR) is 116 cm³/mol. The van der Waals surface area contributed by atoms with E-state index in [0.717, 1.165) is 16.9 Å². The standard InChI is InChI=1S/C23H29ClN2O3/c1-4-21(23(28)25-3)26(16-18-8-5-7-17(2)15-18)22(27)9-6-14-29-20-12-10-19(24)11-13-20/h5,7-8,10-13,15,21H,4,6,9,14,16H2,1-3H3,(H,25,28)/t21-/m1/s1. The lowest BCUT2D eigenvalue weighted by Crippen LogP contribution is -2.48. The molecule has 0 unspecified atom stereocenters. The van der Waals surface area contributed by atoms with Crippen molar-refractivity contribution in [1.82, 2.24) is 10.2 Å². The number of carbonyl (C=O) groups is 2. The van der Waals surface area contributed by atoms with Crippen molar-refractivity contribution in [3.05, 3.63) is 64.7 Å². The van der Waals surface area contributed by atoms with Crippen molar-refractivity contribution in [3.63, 3.8) is 0 Å². The third-order valence-corrected chi connectivity index (χ3v) is 4.94. The topological polar surface area (TPSA) is 58.6 Å². The van der Waals surface area contributed by atoms with E-state index in [0.29, 0.717) is 37.4 Å². The molecular formula is C23H29ClN2O3. The SMILES string of the molecule is CC[C@H](C(=O)NC)N(Cc1cccc(C)c1)C(=O)CCCOc1ccc(Cl)cc1. The van der Waals surface area contributed by atoms with Crippen molar-refractivity contribution in [1.29, 1.82) is 0 Å². The fraction of sp³-hybridized carbons (Fsp3) is 0.391. The second-order valence-corrected chi connectivity index (χ2v) is 7.39. The van der Waals surface area contributed by atoms with Crippen LogP contribution in [-0.2, 0) is 16.1 Å². The number of likely N-dealkylation sites (N-methyl/N-ethyl adjacent to an activating group) is 1. The zero-order valence-electron chi connectivity index (χ0n) is 17.3. The Labute approximate surface area is 178 Å². The Balaban J connectivity index is 2.00. The zero-order chi connectivity index (χ0) is 21.2. The number of nitrogens with zero attached hydrogens (tertiary/aromatic N) is 1. The highest BCUT2D eigenvalue weighted by molar-refractivity contribution is 6.30. The van der Waals surface area contributed by atoms with Gasteiger partial charge in [0.25, 0.3) is 0 Å². The first-order valence-electron chi connectivity index (χ1n) is 9.89. The monoisotopic (exact) mass is 416 g/mol. The predicted octanol–water partition coefficient (Wildman–Crippen LogP) is 4.36. The summed E-state index contributed by atoms with van der Waals surface area (Å²) in [5, 5.41) is 3.33. The van der Waals surface area contributed by atoms with E-state index in [1.807, 2.05) is 38.1 Å². The van der Waals surface area contributed by atoms with E-state index in [1.165, 1.54) is 0 Å². The van der Waals surface area contributed by atoms with E-state index < -0.39 is 6.04 Å². The molecule has 0 aliphatic rings. The van der Waals surface area contributed by atoms with Crippen molar-refractivity contribution >= 4 is 23.4 Å².